The Bertz CT molecular complexity index is 1120. The highest BCUT2D eigenvalue weighted by Crippen LogP contribution is 2.38. The molecule has 1 aliphatic heterocycles. The molecule has 0 fully saturated rings. The van der Waals surface area contributed by atoms with Crippen molar-refractivity contribution in [3.05, 3.63) is 47.5 Å². The molecule has 0 saturated heterocycles. The van der Waals surface area contributed by atoms with Gasteiger partial charge in [-0.3, -0.25) is 14.5 Å². The Morgan fingerprint density at radius 3 is 2.79 bits per heavy atom. The third-order valence-electron chi connectivity index (χ3n) is 5.06. The minimum absolute atomic E-state index is 0.0261. The number of rotatable bonds is 4. The van der Waals surface area contributed by atoms with Gasteiger partial charge in [-0.05, 0) is 17.7 Å². The molecule has 4 rings (SSSR count). The number of aliphatic imine (C=N–C) groups is 1. The molecule has 1 aliphatic rings. The fourth-order valence-electron chi connectivity index (χ4n) is 3.68. The van der Waals surface area contributed by atoms with Crippen molar-refractivity contribution in [2.45, 2.75) is 25.7 Å². The van der Waals surface area contributed by atoms with Gasteiger partial charge < -0.3 is 10.6 Å². The van der Waals surface area contributed by atoms with Crippen LogP contribution in [0.5, 0.6) is 0 Å². The van der Waals surface area contributed by atoms with E-state index >= 15 is 0 Å². The summed E-state index contributed by atoms with van der Waals surface area (Å²) in [6.07, 6.45) is 4.11. The van der Waals surface area contributed by atoms with E-state index in [1.165, 1.54) is 0 Å². The van der Waals surface area contributed by atoms with Crippen LogP contribution < -0.4 is 10.6 Å². The van der Waals surface area contributed by atoms with Gasteiger partial charge in [0.2, 0.25) is 11.9 Å². The van der Waals surface area contributed by atoms with Crippen LogP contribution in [0.1, 0.15) is 37.2 Å². The number of benzene rings is 1. The van der Waals surface area contributed by atoms with E-state index in [0.29, 0.717) is 23.9 Å². The minimum atomic E-state index is -0.192. The van der Waals surface area contributed by atoms with Crippen molar-refractivity contribution in [1.82, 2.24) is 24.5 Å². The number of fused-ring (bicyclic) bond motifs is 1. The molecule has 150 valence electrons. The van der Waals surface area contributed by atoms with E-state index in [1.54, 1.807) is 22.6 Å². The van der Waals surface area contributed by atoms with Crippen LogP contribution >= 0.6 is 0 Å². The van der Waals surface area contributed by atoms with Gasteiger partial charge >= 0.3 is 0 Å². The Kier molecular flexibility index (Phi) is 4.45. The van der Waals surface area contributed by atoms with E-state index in [4.69, 9.17) is 0 Å². The summed E-state index contributed by atoms with van der Waals surface area (Å²) in [6, 6.07) is 5.93. The summed E-state index contributed by atoms with van der Waals surface area (Å²) in [4.78, 5) is 21.0. The number of aryl methyl sites for hydroxylation is 2. The molecule has 9 nitrogen and oxygen atoms in total. The Hall–Kier alpha value is -3.49. The molecular formula is C20H24N8O. The Balaban J connectivity index is 1.62. The fourth-order valence-corrected chi connectivity index (χ4v) is 3.68. The number of hydrogen-bond donors (Lipinski definition) is 2. The topological polar surface area (TPSA) is 102 Å². The molecule has 1 aromatic carbocycles. The summed E-state index contributed by atoms with van der Waals surface area (Å²) < 4.78 is 3.40. The zero-order chi connectivity index (χ0) is 20.8. The Labute approximate surface area is 168 Å². The van der Waals surface area contributed by atoms with Gasteiger partial charge in [0.05, 0.1) is 6.20 Å². The van der Waals surface area contributed by atoms with E-state index in [-0.39, 0.29) is 11.3 Å². The van der Waals surface area contributed by atoms with E-state index in [1.807, 2.05) is 38.5 Å². The summed E-state index contributed by atoms with van der Waals surface area (Å²) in [5.41, 5.74) is 4.13. The van der Waals surface area contributed by atoms with Crippen LogP contribution in [0.4, 0.5) is 17.3 Å². The largest absolute Gasteiger partial charge is 0.326 e. The lowest BCUT2D eigenvalue weighted by atomic mass is 9.78. The molecule has 2 aromatic heterocycles. The highest BCUT2D eigenvalue weighted by molar-refractivity contribution is 6.10. The van der Waals surface area contributed by atoms with Gasteiger partial charge in [0, 0.05) is 56.1 Å². The van der Waals surface area contributed by atoms with Gasteiger partial charge in [-0.25, -0.2) is 4.68 Å². The summed E-state index contributed by atoms with van der Waals surface area (Å²) in [7, 11) is 5.40. The molecule has 0 aliphatic carbocycles. The van der Waals surface area contributed by atoms with Crippen molar-refractivity contribution in [3.63, 3.8) is 0 Å². The summed E-state index contributed by atoms with van der Waals surface area (Å²) in [5.74, 6) is 1.11. The first kappa shape index (κ1) is 18.9. The molecule has 0 spiro atoms. The monoisotopic (exact) mass is 392 g/mol. The zero-order valence-electron chi connectivity index (χ0n) is 17.2. The van der Waals surface area contributed by atoms with E-state index < -0.39 is 0 Å². The average Bonchev–Trinajstić information content (AvgIpc) is 3.21. The lowest BCUT2D eigenvalue weighted by molar-refractivity contribution is -0.117. The summed E-state index contributed by atoms with van der Waals surface area (Å²) in [6.45, 7) is 4.16. The van der Waals surface area contributed by atoms with Crippen LogP contribution in [0, 0.1) is 0 Å². The highest BCUT2D eigenvalue weighted by Gasteiger charge is 2.31. The van der Waals surface area contributed by atoms with Crippen LogP contribution in [-0.4, -0.2) is 43.2 Å². The SMILES string of the molecule is CN=C(c1cnn(C)c1)c1nc(Nc2ccc3c(c2)NC(=O)CC3(C)C)nn1C. The van der Waals surface area contributed by atoms with Gasteiger partial charge in [0.1, 0.15) is 5.71 Å². The standard InChI is InChI=1S/C20H24N8O/c1-20(2)9-16(29)24-15-8-13(6-7-14(15)20)23-19-25-18(28(5)26-19)17(21-3)12-10-22-27(4)11-12/h6-8,10-11H,9H2,1-5H3,(H,23,26)(H,24,29). The zero-order valence-corrected chi connectivity index (χ0v) is 17.2. The fraction of sp³-hybridized carbons (Fsp3) is 0.350. The molecule has 0 atom stereocenters. The number of nitrogens with one attached hydrogen (secondary N) is 2. The van der Waals surface area contributed by atoms with Crippen LogP contribution in [-0.2, 0) is 24.3 Å². The number of hydrogen-bond acceptors (Lipinski definition) is 6. The van der Waals surface area contributed by atoms with Crippen molar-refractivity contribution in [2.24, 2.45) is 19.1 Å². The van der Waals surface area contributed by atoms with Crippen molar-refractivity contribution in [3.8, 4) is 0 Å². The molecule has 3 heterocycles. The first-order valence-electron chi connectivity index (χ1n) is 9.35. The quantitative estimate of drug-likeness (QED) is 0.664. The number of carbonyl (C=O) groups is 1. The van der Waals surface area contributed by atoms with E-state index in [9.17, 15) is 4.79 Å². The lowest BCUT2D eigenvalue weighted by Crippen LogP contribution is -2.32. The maximum Gasteiger partial charge on any atom is 0.247 e. The third-order valence-corrected chi connectivity index (χ3v) is 5.06. The maximum atomic E-state index is 12.0. The molecule has 1 amide bonds. The molecule has 0 unspecified atom stereocenters. The molecular weight excluding hydrogens is 368 g/mol. The van der Waals surface area contributed by atoms with Crippen molar-refractivity contribution in [2.75, 3.05) is 17.7 Å². The minimum Gasteiger partial charge on any atom is -0.326 e. The van der Waals surface area contributed by atoms with Crippen LogP contribution in [0.15, 0.2) is 35.6 Å². The molecule has 29 heavy (non-hydrogen) atoms. The van der Waals surface area contributed by atoms with Crippen molar-refractivity contribution >= 4 is 28.9 Å². The van der Waals surface area contributed by atoms with Crippen LogP contribution in [0.3, 0.4) is 0 Å². The number of amides is 1. The predicted octanol–water partition coefficient (Wildman–Crippen LogP) is 2.38. The van der Waals surface area contributed by atoms with Crippen LogP contribution in [0.25, 0.3) is 0 Å². The predicted molar refractivity (Wildman–Crippen MR) is 112 cm³/mol. The first-order valence-corrected chi connectivity index (χ1v) is 9.35. The normalized spacial score (nSPS) is 15.8. The van der Waals surface area contributed by atoms with E-state index in [0.717, 1.165) is 22.5 Å². The average molecular weight is 392 g/mol. The molecule has 3 aromatic rings. The molecule has 0 saturated carbocycles. The maximum absolute atomic E-state index is 12.0. The Morgan fingerprint density at radius 1 is 1.31 bits per heavy atom. The molecule has 0 radical (unpaired) electrons. The van der Waals surface area contributed by atoms with Gasteiger partial charge in [0.15, 0.2) is 5.82 Å². The van der Waals surface area contributed by atoms with Gasteiger partial charge in [-0.15, -0.1) is 5.10 Å². The Morgan fingerprint density at radius 2 is 2.10 bits per heavy atom. The number of aromatic nitrogens is 5. The second-order valence-corrected chi connectivity index (χ2v) is 7.85. The number of nitrogens with zero attached hydrogens (tertiary/aromatic N) is 6. The molecule has 9 heteroatoms. The van der Waals surface area contributed by atoms with Gasteiger partial charge in [0.25, 0.3) is 0 Å². The lowest BCUT2D eigenvalue weighted by Gasteiger charge is -2.32. The first-order chi connectivity index (χ1) is 13.8. The second kappa shape index (κ2) is 6.84. The van der Waals surface area contributed by atoms with Crippen LogP contribution in [0.2, 0.25) is 0 Å². The second-order valence-electron chi connectivity index (χ2n) is 7.85. The van der Waals surface area contributed by atoms with Gasteiger partial charge in [-0.2, -0.15) is 10.1 Å². The van der Waals surface area contributed by atoms with Gasteiger partial charge in [-0.1, -0.05) is 19.9 Å². The smallest absolute Gasteiger partial charge is 0.247 e. The third kappa shape index (κ3) is 3.51. The summed E-state index contributed by atoms with van der Waals surface area (Å²) in [5, 5.41) is 14.8. The van der Waals surface area contributed by atoms with Crippen molar-refractivity contribution < 1.29 is 4.79 Å². The summed E-state index contributed by atoms with van der Waals surface area (Å²) >= 11 is 0. The molecule has 2 N–H and O–H groups in total. The number of anilines is 3. The highest BCUT2D eigenvalue weighted by atomic mass is 16.1. The number of carbonyl (C=O) groups excluding carboxylic acids is 1. The van der Waals surface area contributed by atoms with E-state index in [2.05, 4.69) is 44.7 Å². The molecule has 0 bridgehead atoms. The van der Waals surface area contributed by atoms with Crippen molar-refractivity contribution in [1.29, 1.82) is 0 Å².